The fraction of sp³-hybridized carbons (Fsp3) is 0.619. The van der Waals surface area contributed by atoms with Gasteiger partial charge in [0.25, 0.3) is 0 Å². The van der Waals surface area contributed by atoms with E-state index in [9.17, 15) is 14.0 Å². The van der Waals surface area contributed by atoms with Crippen LogP contribution < -0.4 is 10.6 Å². The van der Waals surface area contributed by atoms with Crippen LogP contribution >= 0.6 is 0 Å². The van der Waals surface area contributed by atoms with E-state index in [4.69, 9.17) is 4.74 Å². The van der Waals surface area contributed by atoms with Crippen molar-refractivity contribution in [2.75, 3.05) is 44.7 Å². The summed E-state index contributed by atoms with van der Waals surface area (Å²) in [4.78, 5) is 28.3. The van der Waals surface area contributed by atoms with Gasteiger partial charge >= 0.3 is 6.03 Å². The topological polar surface area (TPSA) is 73.9 Å². The van der Waals surface area contributed by atoms with E-state index < -0.39 is 11.8 Å². The van der Waals surface area contributed by atoms with E-state index >= 15 is 0 Å². The molecule has 0 aliphatic carbocycles. The minimum Gasteiger partial charge on any atom is -0.381 e. The molecule has 1 atom stereocenters. The molecule has 0 aromatic heterocycles. The van der Waals surface area contributed by atoms with Crippen molar-refractivity contribution in [1.82, 2.24) is 15.1 Å². The quantitative estimate of drug-likeness (QED) is 0.761. The van der Waals surface area contributed by atoms with Crippen LogP contribution in [-0.4, -0.2) is 73.2 Å². The van der Waals surface area contributed by atoms with Gasteiger partial charge in [-0.1, -0.05) is 12.1 Å². The van der Waals surface area contributed by atoms with Crippen LogP contribution in [0.2, 0.25) is 0 Å². The fourth-order valence-electron chi connectivity index (χ4n) is 4.22. The highest BCUT2D eigenvalue weighted by molar-refractivity contribution is 5.89. The number of carbonyl (C=O) groups excluding carboxylic acids is 2. The molecule has 0 radical (unpaired) electrons. The Labute approximate surface area is 171 Å². The van der Waals surface area contributed by atoms with E-state index in [1.807, 2.05) is 4.90 Å². The molecule has 1 aromatic rings. The number of halogens is 1. The van der Waals surface area contributed by atoms with Gasteiger partial charge in [0.05, 0.1) is 5.69 Å². The Balaban J connectivity index is 1.56. The number of para-hydroxylation sites is 1. The van der Waals surface area contributed by atoms with Crippen molar-refractivity contribution in [2.24, 2.45) is 0 Å². The van der Waals surface area contributed by atoms with E-state index in [2.05, 4.69) is 15.5 Å². The highest BCUT2D eigenvalue weighted by atomic mass is 19.1. The normalized spacial score (nSPS) is 20.5. The van der Waals surface area contributed by atoms with E-state index in [1.165, 1.54) is 12.1 Å². The van der Waals surface area contributed by atoms with Crippen molar-refractivity contribution >= 4 is 17.6 Å². The number of nitrogens with one attached hydrogen (secondary N) is 2. The van der Waals surface area contributed by atoms with Gasteiger partial charge in [-0.3, -0.25) is 9.69 Å². The van der Waals surface area contributed by atoms with E-state index in [0.717, 1.165) is 52.0 Å². The van der Waals surface area contributed by atoms with Gasteiger partial charge in [-0.25, -0.2) is 9.18 Å². The molecule has 2 saturated heterocycles. The lowest BCUT2D eigenvalue weighted by atomic mass is 9.98. The Morgan fingerprint density at radius 3 is 2.69 bits per heavy atom. The molecule has 2 aliphatic rings. The second-order valence-corrected chi connectivity index (χ2v) is 7.70. The van der Waals surface area contributed by atoms with Crippen molar-refractivity contribution in [3.8, 4) is 0 Å². The standard InChI is InChI=1S/C21H31FN4O3/c1-16(27)25-11-4-5-18(15-25)26(17-8-13-29-14-9-17)12-10-23-21(28)24-20-7-3-2-6-19(20)22/h2-3,6-7,17-18H,4-5,8-15H2,1H3,(H2,23,24,28). The monoisotopic (exact) mass is 406 g/mol. The highest BCUT2D eigenvalue weighted by Crippen LogP contribution is 2.23. The second-order valence-electron chi connectivity index (χ2n) is 7.70. The van der Waals surface area contributed by atoms with Gasteiger partial charge in [0.1, 0.15) is 5.82 Å². The van der Waals surface area contributed by atoms with E-state index in [0.29, 0.717) is 19.1 Å². The summed E-state index contributed by atoms with van der Waals surface area (Å²) in [5.41, 5.74) is 0.163. The highest BCUT2D eigenvalue weighted by Gasteiger charge is 2.31. The number of urea groups is 1. The maximum Gasteiger partial charge on any atom is 0.319 e. The first-order valence-corrected chi connectivity index (χ1v) is 10.4. The molecular weight excluding hydrogens is 375 g/mol. The van der Waals surface area contributed by atoms with Crippen LogP contribution in [-0.2, 0) is 9.53 Å². The minimum atomic E-state index is -0.460. The molecule has 7 nitrogen and oxygen atoms in total. The van der Waals surface area contributed by atoms with Crippen molar-refractivity contribution in [1.29, 1.82) is 0 Å². The Kier molecular flexibility index (Phi) is 7.83. The number of hydrogen-bond acceptors (Lipinski definition) is 4. The number of hydrogen-bond donors (Lipinski definition) is 2. The number of benzene rings is 1. The van der Waals surface area contributed by atoms with Crippen LogP contribution in [0.1, 0.15) is 32.6 Å². The van der Waals surface area contributed by atoms with Gasteiger partial charge < -0.3 is 20.3 Å². The molecule has 3 amide bonds. The molecule has 2 N–H and O–H groups in total. The Hall–Kier alpha value is -2.19. The zero-order valence-corrected chi connectivity index (χ0v) is 17.0. The Morgan fingerprint density at radius 1 is 1.21 bits per heavy atom. The third-order valence-electron chi connectivity index (χ3n) is 5.75. The van der Waals surface area contributed by atoms with Crippen LogP contribution in [0.5, 0.6) is 0 Å². The first kappa shape index (κ1) is 21.5. The molecule has 3 rings (SSSR count). The van der Waals surface area contributed by atoms with Crippen LogP contribution in [0.4, 0.5) is 14.9 Å². The SMILES string of the molecule is CC(=O)N1CCCC(N(CCNC(=O)Nc2ccccc2F)C2CCOCC2)C1. The van der Waals surface area contributed by atoms with Crippen molar-refractivity contribution in [3.05, 3.63) is 30.1 Å². The fourth-order valence-corrected chi connectivity index (χ4v) is 4.22. The Morgan fingerprint density at radius 2 is 1.97 bits per heavy atom. The Bertz CT molecular complexity index is 696. The molecule has 8 heteroatoms. The van der Waals surface area contributed by atoms with E-state index in [-0.39, 0.29) is 17.6 Å². The predicted octanol–water partition coefficient (Wildman–Crippen LogP) is 2.44. The summed E-state index contributed by atoms with van der Waals surface area (Å²) in [5, 5.41) is 5.38. The van der Waals surface area contributed by atoms with Gasteiger partial charge in [-0.15, -0.1) is 0 Å². The smallest absolute Gasteiger partial charge is 0.319 e. The largest absolute Gasteiger partial charge is 0.381 e. The zero-order valence-electron chi connectivity index (χ0n) is 17.0. The summed E-state index contributed by atoms with van der Waals surface area (Å²) in [5.74, 6) is -0.345. The van der Waals surface area contributed by atoms with Crippen molar-refractivity contribution in [3.63, 3.8) is 0 Å². The molecule has 29 heavy (non-hydrogen) atoms. The zero-order chi connectivity index (χ0) is 20.6. The van der Waals surface area contributed by atoms with Gasteiger partial charge in [0, 0.05) is 58.4 Å². The first-order valence-electron chi connectivity index (χ1n) is 10.4. The maximum atomic E-state index is 13.7. The number of nitrogens with zero attached hydrogens (tertiary/aromatic N) is 2. The number of rotatable bonds is 6. The van der Waals surface area contributed by atoms with Gasteiger partial charge in [-0.2, -0.15) is 0 Å². The molecule has 0 saturated carbocycles. The summed E-state index contributed by atoms with van der Waals surface area (Å²) in [6.07, 6.45) is 3.95. The minimum absolute atomic E-state index is 0.115. The number of carbonyl (C=O) groups is 2. The van der Waals surface area contributed by atoms with Crippen molar-refractivity contribution in [2.45, 2.75) is 44.7 Å². The van der Waals surface area contributed by atoms with Gasteiger partial charge in [0.2, 0.25) is 5.91 Å². The average Bonchev–Trinajstić information content (AvgIpc) is 2.73. The lowest BCUT2D eigenvalue weighted by Gasteiger charge is -2.44. The maximum absolute atomic E-state index is 13.7. The molecule has 1 aromatic carbocycles. The first-order chi connectivity index (χ1) is 14.0. The molecule has 2 aliphatic heterocycles. The molecular formula is C21H31FN4O3. The average molecular weight is 407 g/mol. The number of piperidine rings is 1. The molecule has 0 spiro atoms. The summed E-state index contributed by atoms with van der Waals surface area (Å²) in [7, 11) is 0. The molecule has 2 fully saturated rings. The van der Waals surface area contributed by atoms with Crippen LogP contribution in [0.3, 0.4) is 0 Å². The third-order valence-corrected chi connectivity index (χ3v) is 5.75. The summed E-state index contributed by atoms with van der Waals surface area (Å²) >= 11 is 0. The van der Waals surface area contributed by atoms with Crippen LogP contribution in [0, 0.1) is 5.82 Å². The molecule has 1 unspecified atom stereocenters. The summed E-state index contributed by atoms with van der Waals surface area (Å²) in [6.45, 7) is 5.79. The van der Waals surface area contributed by atoms with Gasteiger partial charge in [0.15, 0.2) is 0 Å². The van der Waals surface area contributed by atoms with Crippen LogP contribution in [0.15, 0.2) is 24.3 Å². The van der Waals surface area contributed by atoms with Crippen LogP contribution in [0.25, 0.3) is 0 Å². The number of likely N-dealkylation sites (tertiary alicyclic amines) is 1. The van der Waals surface area contributed by atoms with Gasteiger partial charge in [-0.05, 0) is 37.8 Å². The summed E-state index contributed by atoms with van der Waals surface area (Å²) in [6, 6.07) is 6.35. The number of ether oxygens (including phenoxy) is 1. The molecule has 2 heterocycles. The predicted molar refractivity (Wildman–Crippen MR) is 109 cm³/mol. The number of amides is 3. The lowest BCUT2D eigenvalue weighted by Crippen LogP contribution is -2.55. The van der Waals surface area contributed by atoms with Crippen molar-refractivity contribution < 1.29 is 18.7 Å². The second kappa shape index (κ2) is 10.5. The summed E-state index contributed by atoms with van der Waals surface area (Å²) < 4.78 is 19.2. The number of anilines is 1. The molecule has 160 valence electrons. The van der Waals surface area contributed by atoms with E-state index in [1.54, 1.807) is 19.1 Å². The third kappa shape index (κ3) is 6.14. The lowest BCUT2D eigenvalue weighted by molar-refractivity contribution is -0.131. The molecule has 0 bridgehead atoms.